The largest absolute Gasteiger partial charge is 0.326 e. The van der Waals surface area contributed by atoms with Gasteiger partial charge in [0.25, 0.3) is 0 Å². The predicted octanol–water partition coefficient (Wildman–Crippen LogP) is 2.92. The van der Waals surface area contributed by atoms with Crippen molar-refractivity contribution in [1.82, 2.24) is 4.57 Å². The quantitative estimate of drug-likeness (QED) is 0.808. The number of rotatable bonds is 3. The highest BCUT2D eigenvalue weighted by Gasteiger charge is 2.09. The number of halogens is 1. The smallest absolute Gasteiger partial charge is 0.307 e. The molecule has 2 aromatic carbocycles. The van der Waals surface area contributed by atoms with Gasteiger partial charge in [0.05, 0.1) is 16.6 Å². The maximum atomic E-state index is 13.5. The summed E-state index contributed by atoms with van der Waals surface area (Å²) < 4.78 is 15.9. The summed E-state index contributed by atoms with van der Waals surface area (Å²) in [5.74, 6) is -0.692. The lowest BCUT2D eigenvalue weighted by Gasteiger charge is -2.06. The van der Waals surface area contributed by atoms with E-state index in [1.165, 1.54) is 6.07 Å². The third kappa shape index (κ3) is 2.78. The van der Waals surface area contributed by atoms with Crippen molar-refractivity contribution >= 4 is 33.1 Å². The molecule has 112 valence electrons. The van der Waals surface area contributed by atoms with Crippen LogP contribution in [0, 0.1) is 5.82 Å². The standard InChI is InChI=1S/C16H13FN2O2S/c1-19-13-7-6-11(9-14(13)22-16(19)21)18-15(20)8-10-4-2-3-5-12(10)17/h2-7,9H,8H2,1H3,(H,18,20). The van der Waals surface area contributed by atoms with Crippen LogP contribution in [0.2, 0.25) is 0 Å². The Hall–Kier alpha value is -2.47. The summed E-state index contributed by atoms with van der Waals surface area (Å²) in [5.41, 5.74) is 1.77. The summed E-state index contributed by atoms with van der Waals surface area (Å²) in [5, 5.41) is 2.73. The van der Waals surface area contributed by atoms with E-state index in [4.69, 9.17) is 0 Å². The fourth-order valence-electron chi connectivity index (χ4n) is 2.23. The van der Waals surface area contributed by atoms with Gasteiger partial charge in [-0.15, -0.1) is 0 Å². The Bertz CT molecular complexity index is 914. The summed E-state index contributed by atoms with van der Waals surface area (Å²) in [6, 6.07) is 11.5. The lowest BCUT2D eigenvalue weighted by Crippen LogP contribution is -2.15. The topological polar surface area (TPSA) is 51.1 Å². The summed E-state index contributed by atoms with van der Waals surface area (Å²) in [4.78, 5) is 23.6. The van der Waals surface area contributed by atoms with Gasteiger partial charge in [0.15, 0.2) is 0 Å². The molecule has 0 unspecified atom stereocenters. The number of hydrogen-bond acceptors (Lipinski definition) is 3. The number of hydrogen-bond donors (Lipinski definition) is 1. The number of carbonyl (C=O) groups is 1. The molecule has 1 aromatic heterocycles. The van der Waals surface area contributed by atoms with E-state index in [1.807, 2.05) is 0 Å². The minimum atomic E-state index is -0.394. The van der Waals surface area contributed by atoms with Crippen molar-refractivity contribution < 1.29 is 9.18 Å². The highest BCUT2D eigenvalue weighted by atomic mass is 32.1. The molecule has 0 radical (unpaired) electrons. The van der Waals surface area contributed by atoms with Crippen LogP contribution in [0.5, 0.6) is 0 Å². The number of nitrogens with one attached hydrogen (secondary N) is 1. The number of carbonyl (C=O) groups excluding carboxylic acids is 1. The summed E-state index contributed by atoms with van der Waals surface area (Å²) in [6.07, 6.45) is -0.0320. The molecule has 0 spiro atoms. The van der Waals surface area contributed by atoms with E-state index in [-0.39, 0.29) is 17.2 Å². The van der Waals surface area contributed by atoms with Crippen molar-refractivity contribution in [3.63, 3.8) is 0 Å². The molecular formula is C16H13FN2O2S. The molecule has 6 heteroatoms. The molecule has 0 aliphatic carbocycles. The monoisotopic (exact) mass is 316 g/mol. The van der Waals surface area contributed by atoms with Crippen LogP contribution in [0.1, 0.15) is 5.56 Å². The number of nitrogens with zero attached hydrogens (tertiary/aromatic N) is 1. The number of benzene rings is 2. The van der Waals surface area contributed by atoms with Gasteiger partial charge in [-0.05, 0) is 29.8 Å². The van der Waals surface area contributed by atoms with Crippen molar-refractivity contribution in [1.29, 1.82) is 0 Å². The molecule has 3 rings (SSSR count). The van der Waals surface area contributed by atoms with E-state index < -0.39 is 5.82 Å². The van der Waals surface area contributed by atoms with Crippen LogP contribution in [0.25, 0.3) is 10.2 Å². The Kier molecular flexibility index (Phi) is 3.77. The lowest BCUT2D eigenvalue weighted by atomic mass is 10.1. The highest BCUT2D eigenvalue weighted by molar-refractivity contribution is 7.16. The maximum Gasteiger partial charge on any atom is 0.307 e. The number of aryl methyl sites for hydroxylation is 1. The minimum Gasteiger partial charge on any atom is -0.326 e. The predicted molar refractivity (Wildman–Crippen MR) is 85.8 cm³/mol. The van der Waals surface area contributed by atoms with Gasteiger partial charge in [-0.1, -0.05) is 29.5 Å². The van der Waals surface area contributed by atoms with Gasteiger partial charge in [-0.25, -0.2) is 4.39 Å². The number of anilines is 1. The second-order valence-corrected chi connectivity index (χ2v) is 5.92. The Morgan fingerprint density at radius 1 is 1.27 bits per heavy atom. The Balaban J connectivity index is 1.79. The van der Waals surface area contributed by atoms with Crippen LogP contribution in [0.3, 0.4) is 0 Å². The van der Waals surface area contributed by atoms with Gasteiger partial charge in [-0.3, -0.25) is 9.59 Å². The molecule has 1 amide bonds. The molecule has 4 nitrogen and oxygen atoms in total. The first-order valence-electron chi connectivity index (χ1n) is 6.67. The lowest BCUT2D eigenvalue weighted by molar-refractivity contribution is -0.115. The Labute approximate surface area is 129 Å². The molecule has 0 atom stereocenters. The van der Waals surface area contributed by atoms with Crippen LogP contribution < -0.4 is 10.2 Å². The van der Waals surface area contributed by atoms with E-state index in [0.29, 0.717) is 11.3 Å². The van der Waals surface area contributed by atoms with Crippen LogP contribution in [-0.2, 0) is 18.3 Å². The van der Waals surface area contributed by atoms with E-state index >= 15 is 0 Å². The van der Waals surface area contributed by atoms with E-state index in [1.54, 1.807) is 48.0 Å². The van der Waals surface area contributed by atoms with Crippen molar-refractivity contribution in [3.05, 3.63) is 63.5 Å². The van der Waals surface area contributed by atoms with Gasteiger partial charge in [0.1, 0.15) is 5.82 Å². The number of aromatic nitrogens is 1. The second kappa shape index (κ2) is 5.73. The third-order valence-electron chi connectivity index (χ3n) is 3.38. The molecule has 0 fully saturated rings. The van der Waals surface area contributed by atoms with Gasteiger partial charge in [-0.2, -0.15) is 0 Å². The Morgan fingerprint density at radius 2 is 2.05 bits per heavy atom. The molecule has 0 saturated heterocycles. The number of fused-ring (bicyclic) bond motifs is 1. The maximum absolute atomic E-state index is 13.5. The zero-order valence-corrected chi connectivity index (χ0v) is 12.6. The summed E-state index contributed by atoms with van der Waals surface area (Å²) >= 11 is 1.12. The number of amides is 1. The van der Waals surface area contributed by atoms with Crippen molar-refractivity contribution in [3.8, 4) is 0 Å². The first-order chi connectivity index (χ1) is 10.5. The molecule has 3 aromatic rings. The van der Waals surface area contributed by atoms with Crippen LogP contribution >= 0.6 is 11.3 Å². The first kappa shape index (κ1) is 14.5. The fourth-order valence-corrected chi connectivity index (χ4v) is 3.15. The summed E-state index contributed by atoms with van der Waals surface area (Å²) in [7, 11) is 1.71. The van der Waals surface area contributed by atoms with E-state index in [2.05, 4.69) is 5.32 Å². The molecule has 0 bridgehead atoms. The molecular weight excluding hydrogens is 303 g/mol. The van der Waals surface area contributed by atoms with Gasteiger partial charge >= 0.3 is 4.87 Å². The zero-order chi connectivity index (χ0) is 15.7. The van der Waals surface area contributed by atoms with Gasteiger partial charge in [0, 0.05) is 12.7 Å². The Morgan fingerprint density at radius 3 is 2.82 bits per heavy atom. The average Bonchev–Trinajstić information content (AvgIpc) is 2.76. The van der Waals surface area contributed by atoms with Crippen LogP contribution in [0.4, 0.5) is 10.1 Å². The van der Waals surface area contributed by atoms with Crippen LogP contribution in [-0.4, -0.2) is 10.5 Å². The SMILES string of the molecule is Cn1c(=O)sc2cc(NC(=O)Cc3ccccc3F)ccc21. The molecule has 22 heavy (non-hydrogen) atoms. The van der Waals surface area contributed by atoms with Gasteiger partial charge < -0.3 is 9.88 Å². The summed E-state index contributed by atoms with van der Waals surface area (Å²) in [6.45, 7) is 0. The first-order valence-corrected chi connectivity index (χ1v) is 7.49. The second-order valence-electron chi connectivity index (χ2n) is 4.93. The molecule has 0 aliphatic rings. The fraction of sp³-hybridized carbons (Fsp3) is 0.125. The molecule has 0 aliphatic heterocycles. The molecule has 1 heterocycles. The van der Waals surface area contributed by atoms with Crippen molar-refractivity contribution in [2.75, 3.05) is 5.32 Å². The zero-order valence-electron chi connectivity index (χ0n) is 11.8. The third-order valence-corrected chi connectivity index (χ3v) is 4.38. The van der Waals surface area contributed by atoms with Crippen molar-refractivity contribution in [2.45, 2.75) is 6.42 Å². The van der Waals surface area contributed by atoms with Crippen molar-refractivity contribution in [2.24, 2.45) is 7.05 Å². The van der Waals surface area contributed by atoms with Gasteiger partial charge in [0.2, 0.25) is 5.91 Å². The molecule has 1 N–H and O–H groups in total. The normalized spacial score (nSPS) is 10.8. The minimum absolute atomic E-state index is 0.0320. The van der Waals surface area contributed by atoms with Crippen LogP contribution in [0.15, 0.2) is 47.3 Å². The highest BCUT2D eigenvalue weighted by Crippen LogP contribution is 2.21. The van der Waals surface area contributed by atoms with E-state index in [9.17, 15) is 14.0 Å². The molecule has 0 saturated carbocycles. The number of thiazole rings is 1. The average molecular weight is 316 g/mol. The van der Waals surface area contributed by atoms with E-state index in [0.717, 1.165) is 21.6 Å².